The van der Waals surface area contributed by atoms with Crippen LogP contribution in [0, 0.1) is 27.7 Å². The summed E-state index contributed by atoms with van der Waals surface area (Å²) in [5.74, 6) is -0.616. The first-order valence-electron chi connectivity index (χ1n) is 12.0. The molecule has 1 amide bonds. The average molecular weight is 515 g/mol. The second-order valence-corrected chi connectivity index (χ2v) is 10.2. The summed E-state index contributed by atoms with van der Waals surface area (Å²) in [6.07, 6.45) is 1.96. The van der Waals surface area contributed by atoms with E-state index < -0.39 is 12.0 Å². The number of aliphatic carboxylic acids is 1. The predicted molar refractivity (Wildman–Crippen MR) is 147 cm³/mol. The minimum atomic E-state index is -1.07. The van der Waals surface area contributed by atoms with Gasteiger partial charge in [-0.2, -0.15) is 4.37 Å². The minimum Gasteiger partial charge on any atom is -0.480 e. The maximum Gasteiger partial charge on any atom is 0.326 e. The van der Waals surface area contributed by atoms with Gasteiger partial charge >= 0.3 is 5.97 Å². The number of benzene rings is 2. The molecule has 3 N–H and O–H groups in total. The van der Waals surface area contributed by atoms with Crippen molar-refractivity contribution in [3.63, 3.8) is 0 Å². The van der Waals surface area contributed by atoms with Crippen LogP contribution in [0.1, 0.15) is 43.1 Å². The summed E-state index contributed by atoms with van der Waals surface area (Å²) in [5, 5.41) is 15.8. The van der Waals surface area contributed by atoms with Crippen LogP contribution in [-0.2, 0) is 17.8 Å². The molecule has 0 spiro atoms. The van der Waals surface area contributed by atoms with Gasteiger partial charge in [0.25, 0.3) is 5.91 Å². The highest BCUT2D eigenvalue weighted by atomic mass is 32.1. The molecule has 1 atom stereocenters. The number of amides is 1. The fourth-order valence-corrected chi connectivity index (χ4v) is 5.03. The molecule has 0 saturated carbocycles. The number of nitrogens with zero attached hydrogens (tertiary/aromatic N) is 2. The van der Waals surface area contributed by atoms with Gasteiger partial charge < -0.3 is 15.7 Å². The van der Waals surface area contributed by atoms with Crippen molar-refractivity contribution >= 4 is 29.2 Å². The van der Waals surface area contributed by atoms with Crippen molar-refractivity contribution < 1.29 is 14.7 Å². The third-order valence-corrected chi connectivity index (χ3v) is 6.90. The standard InChI is InChI=1S/C29H30N4O3S/c1-17-9-10-30-26(13-17)31-16-23-15-24(33-37-23)22-7-5-21(6-8-22)14-25(29(35)36)32-28(34)27-19(3)11-18(2)12-20(27)4/h5-13,15,25H,14,16H2,1-4H3,(H,30,31)(H,32,34)(H,35,36). The molecule has 0 bridgehead atoms. The monoisotopic (exact) mass is 514 g/mol. The van der Waals surface area contributed by atoms with Crippen molar-refractivity contribution in [2.45, 2.75) is 46.7 Å². The highest BCUT2D eigenvalue weighted by molar-refractivity contribution is 7.06. The molecule has 0 aliphatic rings. The third kappa shape index (κ3) is 6.59. The Balaban J connectivity index is 1.40. The first-order chi connectivity index (χ1) is 17.7. The number of carbonyl (C=O) groups is 2. The molecule has 0 fully saturated rings. The van der Waals surface area contributed by atoms with E-state index >= 15 is 0 Å². The maximum absolute atomic E-state index is 12.9. The zero-order chi connectivity index (χ0) is 26.5. The number of hydrogen-bond acceptors (Lipinski definition) is 6. The van der Waals surface area contributed by atoms with Crippen LogP contribution < -0.4 is 10.6 Å². The van der Waals surface area contributed by atoms with Gasteiger partial charge in [0.15, 0.2) is 0 Å². The second kappa shape index (κ2) is 11.3. The Morgan fingerprint density at radius 1 is 0.946 bits per heavy atom. The van der Waals surface area contributed by atoms with Crippen molar-refractivity contribution in [3.05, 3.63) is 99.1 Å². The van der Waals surface area contributed by atoms with Crippen LogP contribution in [0.2, 0.25) is 0 Å². The summed E-state index contributed by atoms with van der Waals surface area (Å²) in [4.78, 5) is 30.2. The smallest absolute Gasteiger partial charge is 0.326 e. The molecular weight excluding hydrogens is 484 g/mol. The molecule has 2 aromatic carbocycles. The molecule has 0 aliphatic heterocycles. The van der Waals surface area contributed by atoms with E-state index in [1.54, 1.807) is 6.20 Å². The number of aryl methyl sites for hydroxylation is 4. The highest BCUT2D eigenvalue weighted by Crippen LogP contribution is 2.24. The number of pyridine rings is 1. The Labute approximate surface area is 220 Å². The summed E-state index contributed by atoms with van der Waals surface area (Å²) < 4.78 is 4.56. The molecule has 0 radical (unpaired) electrons. The summed E-state index contributed by atoms with van der Waals surface area (Å²) >= 11 is 1.43. The van der Waals surface area contributed by atoms with E-state index in [0.717, 1.165) is 49.8 Å². The third-order valence-electron chi connectivity index (χ3n) is 6.12. The number of carbonyl (C=O) groups excluding carboxylic acids is 1. The van der Waals surface area contributed by atoms with Gasteiger partial charge in [-0.15, -0.1) is 0 Å². The lowest BCUT2D eigenvalue weighted by Gasteiger charge is -2.17. The van der Waals surface area contributed by atoms with Gasteiger partial charge in [0.2, 0.25) is 0 Å². The van der Waals surface area contributed by atoms with Crippen LogP contribution in [0.4, 0.5) is 5.82 Å². The lowest BCUT2D eigenvalue weighted by atomic mass is 9.98. The Hall–Kier alpha value is -4.04. The van der Waals surface area contributed by atoms with E-state index in [9.17, 15) is 14.7 Å². The highest BCUT2D eigenvalue weighted by Gasteiger charge is 2.23. The first-order valence-corrected chi connectivity index (χ1v) is 12.8. The van der Waals surface area contributed by atoms with Crippen molar-refractivity contribution in [1.82, 2.24) is 14.7 Å². The summed E-state index contributed by atoms with van der Waals surface area (Å²) in [6.45, 7) is 8.36. The topological polar surface area (TPSA) is 104 Å². The lowest BCUT2D eigenvalue weighted by molar-refractivity contribution is -0.139. The van der Waals surface area contributed by atoms with E-state index in [0.29, 0.717) is 12.1 Å². The van der Waals surface area contributed by atoms with Gasteiger partial charge in [-0.25, -0.2) is 9.78 Å². The van der Waals surface area contributed by atoms with Crippen LogP contribution in [0.15, 0.2) is 60.8 Å². The van der Waals surface area contributed by atoms with Gasteiger partial charge in [-0.05, 0) is 79.7 Å². The number of anilines is 1. The Morgan fingerprint density at radius 3 is 2.30 bits per heavy atom. The molecule has 7 nitrogen and oxygen atoms in total. The normalized spacial score (nSPS) is 11.7. The van der Waals surface area contributed by atoms with E-state index in [1.165, 1.54) is 11.5 Å². The van der Waals surface area contributed by atoms with Gasteiger partial charge in [0.05, 0.1) is 12.2 Å². The van der Waals surface area contributed by atoms with Crippen LogP contribution >= 0.6 is 11.5 Å². The second-order valence-electron chi connectivity index (χ2n) is 9.29. The molecule has 2 heterocycles. The average Bonchev–Trinajstić information content (AvgIpc) is 3.31. The molecule has 8 heteroatoms. The number of aromatic nitrogens is 2. The van der Waals surface area contributed by atoms with Gasteiger partial charge in [-0.3, -0.25) is 4.79 Å². The molecule has 1 unspecified atom stereocenters. The molecule has 4 aromatic rings. The minimum absolute atomic E-state index is 0.182. The van der Waals surface area contributed by atoms with Crippen molar-refractivity contribution in [2.75, 3.05) is 5.32 Å². The fraction of sp³-hybridized carbons (Fsp3) is 0.241. The SMILES string of the molecule is Cc1ccnc(NCc2cc(-c3ccc(CC(NC(=O)c4c(C)cc(C)cc4C)C(=O)O)cc3)ns2)c1. The molecule has 0 saturated heterocycles. The van der Waals surface area contributed by atoms with Gasteiger partial charge in [0.1, 0.15) is 11.9 Å². The summed E-state index contributed by atoms with van der Waals surface area (Å²) in [5.41, 5.74) is 7.02. The molecule has 37 heavy (non-hydrogen) atoms. The van der Waals surface area contributed by atoms with Crippen LogP contribution in [-0.4, -0.2) is 32.4 Å². The zero-order valence-corrected chi connectivity index (χ0v) is 22.1. The van der Waals surface area contributed by atoms with E-state index in [2.05, 4.69) is 20.0 Å². The lowest BCUT2D eigenvalue weighted by Crippen LogP contribution is -2.42. The largest absolute Gasteiger partial charge is 0.480 e. The number of nitrogens with one attached hydrogen (secondary N) is 2. The zero-order valence-electron chi connectivity index (χ0n) is 21.3. The van der Waals surface area contributed by atoms with Crippen molar-refractivity contribution in [2.24, 2.45) is 0 Å². The van der Waals surface area contributed by atoms with E-state index in [1.807, 2.05) is 82.3 Å². The van der Waals surface area contributed by atoms with Crippen LogP contribution in [0.25, 0.3) is 11.3 Å². The molecule has 4 rings (SSSR count). The van der Waals surface area contributed by atoms with Crippen LogP contribution in [0.3, 0.4) is 0 Å². The maximum atomic E-state index is 12.9. The number of hydrogen-bond donors (Lipinski definition) is 3. The predicted octanol–water partition coefficient (Wildman–Crippen LogP) is 5.48. The molecule has 190 valence electrons. The van der Waals surface area contributed by atoms with Crippen LogP contribution in [0.5, 0.6) is 0 Å². The molecule has 2 aromatic heterocycles. The Kier molecular flexibility index (Phi) is 7.98. The quantitative estimate of drug-likeness (QED) is 0.273. The van der Waals surface area contributed by atoms with E-state index in [4.69, 9.17) is 0 Å². The van der Waals surface area contributed by atoms with Gasteiger partial charge in [0, 0.05) is 28.6 Å². The number of carboxylic acids is 1. The van der Waals surface area contributed by atoms with Crippen molar-refractivity contribution in [1.29, 1.82) is 0 Å². The number of carboxylic acid groups (broad SMARTS) is 1. The van der Waals surface area contributed by atoms with Crippen molar-refractivity contribution in [3.8, 4) is 11.3 Å². The summed E-state index contributed by atoms with van der Waals surface area (Å²) in [6, 6.07) is 16.4. The fourth-order valence-electron chi connectivity index (χ4n) is 4.36. The summed E-state index contributed by atoms with van der Waals surface area (Å²) in [7, 11) is 0. The molecular formula is C29H30N4O3S. The van der Waals surface area contributed by atoms with Gasteiger partial charge in [-0.1, -0.05) is 42.0 Å². The Bertz CT molecular complexity index is 1410. The number of rotatable bonds is 9. The van der Waals surface area contributed by atoms with E-state index in [-0.39, 0.29) is 12.3 Å². The Morgan fingerprint density at radius 2 is 1.65 bits per heavy atom. The first kappa shape index (κ1) is 26.0. The molecule has 0 aliphatic carbocycles.